The molecule has 1 N–H and O–H groups in total. The molecule has 0 bridgehead atoms. The third-order valence-electron chi connectivity index (χ3n) is 6.31. The van der Waals surface area contributed by atoms with Crippen LogP contribution in [0.4, 0.5) is 10.1 Å². The maximum absolute atomic E-state index is 14.0. The van der Waals surface area contributed by atoms with Gasteiger partial charge in [0.05, 0.1) is 22.7 Å². The molecule has 0 heterocycles. The average Bonchev–Trinajstić information content (AvgIpc) is 2.92. The molecular formula is C29H33ClFN3O5S. The van der Waals surface area contributed by atoms with E-state index in [4.69, 9.17) is 16.3 Å². The van der Waals surface area contributed by atoms with E-state index < -0.39 is 34.3 Å². The summed E-state index contributed by atoms with van der Waals surface area (Å²) in [5.74, 6) is -1.10. The van der Waals surface area contributed by atoms with Crippen LogP contribution in [0.25, 0.3) is 0 Å². The molecule has 1 atom stereocenters. The Morgan fingerprint density at radius 3 is 2.23 bits per heavy atom. The number of hydrogen-bond acceptors (Lipinski definition) is 5. The van der Waals surface area contributed by atoms with Gasteiger partial charge < -0.3 is 15.0 Å². The summed E-state index contributed by atoms with van der Waals surface area (Å²) in [6.07, 6.45) is 0.276. The van der Waals surface area contributed by atoms with Crippen LogP contribution in [0.15, 0.2) is 71.6 Å². The highest BCUT2D eigenvalue weighted by Crippen LogP contribution is 2.32. The fourth-order valence-corrected chi connectivity index (χ4v) is 5.83. The van der Waals surface area contributed by atoms with Crippen molar-refractivity contribution in [2.24, 2.45) is 0 Å². The molecule has 11 heteroatoms. The first-order valence-corrected chi connectivity index (χ1v) is 14.6. The zero-order valence-corrected chi connectivity index (χ0v) is 24.4. The van der Waals surface area contributed by atoms with Gasteiger partial charge in [0, 0.05) is 13.1 Å². The number of ether oxygens (including phenoxy) is 1. The molecule has 0 aromatic heterocycles. The van der Waals surface area contributed by atoms with Crippen molar-refractivity contribution in [3.8, 4) is 5.75 Å². The van der Waals surface area contributed by atoms with E-state index in [2.05, 4.69) is 5.32 Å². The third kappa shape index (κ3) is 7.31. The molecular weight excluding hydrogens is 557 g/mol. The first kappa shape index (κ1) is 30.9. The lowest BCUT2D eigenvalue weighted by Gasteiger charge is -2.33. The SMILES string of the molecule is CCNC(=O)[C@@H](CC)N(Cc1ccc(F)cc1)C(=O)CN(c1ccc(OC)c(Cl)c1)S(=O)(=O)c1ccc(C)cc1. The van der Waals surface area contributed by atoms with E-state index in [1.165, 1.54) is 66.6 Å². The minimum Gasteiger partial charge on any atom is -0.495 e. The van der Waals surface area contributed by atoms with E-state index in [9.17, 15) is 22.4 Å². The first-order valence-electron chi connectivity index (χ1n) is 12.8. The quantitative estimate of drug-likeness (QED) is 0.323. The molecule has 3 aromatic rings. The van der Waals surface area contributed by atoms with Crippen molar-refractivity contribution in [2.75, 3.05) is 24.5 Å². The number of nitrogens with one attached hydrogen (secondary N) is 1. The van der Waals surface area contributed by atoms with Crippen molar-refractivity contribution in [2.45, 2.75) is 44.7 Å². The molecule has 8 nitrogen and oxygen atoms in total. The molecule has 214 valence electrons. The Hall–Kier alpha value is -3.63. The number of halogens is 2. The number of hydrogen-bond donors (Lipinski definition) is 1. The second kappa shape index (κ2) is 13.6. The van der Waals surface area contributed by atoms with Gasteiger partial charge in [-0.2, -0.15) is 0 Å². The summed E-state index contributed by atoms with van der Waals surface area (Å²) in [5, 5.41) is 2.90. The number of likely N-dealkylation sites (N-methyl/N-ethyl adjacent to an activating group) is 1. The van der Waals surface area contributed by atoms with Crippen molar-refractivity contribution in [3.63, 3.8) is 0 Å². The Bertz CT molecular complexity index is 1430. The second-order valence-electron chi connectivity index (χ2n) is 9.11. The van der Waals surface area contributed by atoms with Gasteiger partial charge in [-0.05, 0) is 68.3 Å². The van der Waals surface area contributed by atoms with Crippen molar-refractivity contribution in [3.05, 3.63) is 88.7 Å². The molecule has 0 unspecified atom stereocenters. The molecule has 0 aliphatic heterocycles. The standard InChI is InChI=1S/C29H33ClFN3O5S/c1-5-26(29(36)32-6-2)33(18-21-9-11-22(31)12-10-21)28(35)19-34(23-13-16-27(39-4)25(30)17-23)40(37,38)24-14-7-20(3)8-15-24/h7-17,26H,5-6,18-19H2,1-4H3,(H,32,36)/t26-/m1/s1. The van der Waals surface area contributed by atoms with Gasteiger partial charge in [0.25, 0.3) is 10.0 Å². The summed E-state index contributed by atoms with van der Waals surface area (Å²) in [4.78, 5) is 28.2. The van der Waals surface area contributed by atoms with Crippen molar-refractivity contribution in [1.29, 1.82) is 0 Å². The molecule has 0 radical (unpaired) electrons. The normalized spacial score (nSPS) is 11.9. The van der Waals surface area contributed by atoms with Crippen LogP contribution in [-0.4, -0.2) is 51.4 Å². The number of carbonyl (C=O) groups is 2. The van der Waals surface area contributed by atoms with Crippen molar-refractivity contribution in [1.82, 2.24) is 10.2 Å². The van der Waals surface area contributed by atoms with Crippen LogP contribution in [-0.2, 0) is 26.2 Å². The molecule has 0 fully saturated rings. The number of sulfonamides is 1. The largest absolute Gasteiger partial charge is 0.495 e. The maximum Gasteiger partial charge on any atom is 0.264 e. The summed E-state index contributed by atoms with van der Waals surface area (Å²) in [6.45, 7) is 5.06. The zero-order valence-electron chi connectivity index (χ0n) is 22.9. The van der Waals surface area contributed by atoms with E-state index >= 15 is 0 Å². The predicted molar refractivity (Wildman–Crippen MR) is 153 cm³/mol. The van der Waals surface area contributed by atoms with E-state index in [1.54, 1.807) is 26.0 Å². The van der Waals surface area contributed by atoms with Gasteiger partial charge in [-0.1, -0.05) is 48.4 Å². The zero-order chi connectivity index (χ0) is 29.4. The highest BCUT2D eigenvalue weighted by molar-refractivity contribution is 7.92. The van der Waals surface area contributed by atoms with Crippen LogP contribution in [0, 0.1) is 12.7 Å². The van der Waals surface area contributed by atoms with E-state index in [0.29, 0.717) is 17.9 Å². The Morgan fingerprint density at radius 1 is 1.02 bits per heavy atom. The minimum absolute atomic E-state index is 0.0151. The van der Waals surface area contributed by atoms with Gasteiger partial charge in [0.15, 0.2) is 0 Å². The number of carbonyl (C=O) groups excluding carboxylic acids is 2. The topological polar surface area (TPSA) is 96.0 Å². The van der Waals surface area contributed by atoms with Gasteiger partial charge in [-0.3, -0.25) is 13.9 Å². The van der Waals surface area contributed by atoms with Gasteiger partial charge >= 0.3 is 0 Å². The molecule has 3 rings (SSSR count). The Morgan fingerprint density at radius 2 is 1.68 bits per heavy atom. The molecule has 3 aromatic carbocycles. The van der Waals surface area contributed by atoms with Crippen LogP contribution in [0.2, 0.25) is 5.02 Å². The molecule has 0 saturated heterocycles. The highest BCUT2D eigenvalue weighted by atomic mass is 35.5. The smallest absolute Gasteiger partial charge is 0.264 e. The monoisotopic (exact) mass is 589 g/mol. The van der Waals surface area contributed by atoms with Gasteiger partial charge in [0.1, 0.15) is 24.2 Å². The Labute approximate surface area is 239 Å². The average molecular weight is 590 g/mol. The van der Waals surface area contributed by atoms with E-state index in [-0.39, 0.29) is 34.5 Å². The third-order valence-corrected chi connectivity index (χ3v) is 8.40. The van der Waals surface area contributed by atoms with Crippen LogP contribution in [0.3, 0.4) is 0 Å². The summed E-state index contributed by atoms with van der Waals surface area (Å²) in [6, 6.07) is 15.3. The predicted octanol–water partition coefficient (Wildman–Crippen LogP) is 4.93. The van der Waals surface area contributed by atoms with Crippen LogP contribution in [0.5, 0.6) is 5.75 Å². The molecule has 0 aliphatic rings. The Balaban J connectivity index is 2.09. The molecule has 0 saturated carbocycles. The number of aryl methyl sites for hydroxylation is 1. The van der Waals surface area contributed by atoms with Crippen molar-refractivity contribution >= 4 is 39.1 Å². The second-order valence-corrected chi connectivity index (χ2v) is 11.4. The fourth-order valence-electron chi connectivity index (χ4n) is 4.17. The number of amides is 2. The number of nitrogens with zero attached hydrogens (tertiary/aromatic N) is 2. The number of rotatable bonds is 12. The molecule has 40 heavy (non-hydrogen) atoms. The summed E-state index contributed by atoms with van der Waals surface area (Å²) in [7, 11) is -2.81. The van der Waals surface area contributed by atoms with Crippen LogP contribution < -0.4 is 14.4 Å². The molecule has 0 spiro atoms. The number of benzene rings is 3. The lowest BCUT2D eigenvalue weighted by molar-refractivity contribution is -0.140. The van der Waals surface area contributed by atoms with E-state index in [0.717, 1.165) is 9.87 Å². The lowest BCUT2D eigenvalue weighted by Crippen LogP contribution is -2.52. The maximum atomic E-state index is 14.0. The Kier molecular flexibility index (Phi) is 10.5. The van der Waals surface area contributed by atoms with Gasteiger partial charge in [-0.25, -0.2) is 12.8 Å². The summed E-state index contributed by atoms with van der Waals surface area (Å²) < 4.78 is 47.5. The van der Waals surface area contributed by atoms with Crippen molar-refractivity contribution < 1.29 is 27.1 Å². The fraction of sp³-hybridized carbons (Fsp3) is 0.310. The van der Waals surface area contributed by atoms with Crippen LogP contribution in [0.1, 0.15) is 31.4 Å². The summed E-state index contributed by atoms with van der Waals surface area (Å²) >= 11 is 6.33. The minimum atomic E-state index is -4.24. The van der Waals surface area contributed by atoms with Crippen LogP contribution >= 0.6 is 11.6 Å². The number of methoxy groups -OCH3 is 1. The van der Waals surface area contributed by atoms with E-state index in [1.807, 2.05) is 6.92 Å². The number of anilines is 1. The van der Waals surface area contributed by atoms with Gasteiger partial charge in [0.2, 0.25) is 11.8 Å². The highest BCUT2D eigenvalue weighted by Gasteiger charge is 2.33. The lowest BCUT2D eigenvalue weighted by atomic mass is 10.1. The van der Waals surface area contributed by atoms with Gasteiger partial charge in [-0.15, -0.1) is 0 Å². The first-order chi connectivity index (χ1) is 19.0. The summed E-state index contributed by atoms with van der Waals surface area (Å²) in [5.41, 5.74) is 1.60. The molecule has 2 amide bonds. The molecule has 0 aliphatic carbocycles.